The molecule has 0 aliphatic heterocycles. The smallest absolute Gasteiger partial charge is 0.134 e. The van der Waals surface area contributed by atoms with E-state index in [9.17, 15) is 0 Å². The third-order valence-electron chi connectivity index (χ3n) is 2.81. The number of anilines is 2. The van der Waals surface area contributed by atoms with Crippen molar-refractivity contribution in [3.05, 3.63) is 24.3 Å². The van der Waals surface area contributed by atoms with Crippen LogP contribution in [0.15, 0.2) is 18.7 Å². The predicted octanol–water partition coefficient (Wildman–Crippen LogP) is 1.10. The Morgan fingerprint density at radius 2 is 2.26 bits per heavy atom. The number of hydrogen-bond donors (Lipinski definition) is 2. The molecule has 0 unspecified atom stereocenters. The molecule has 0 bridgehead atoms. The Morgan fingerprint density at radius 3 is 3.00 bits per heavy atom. The molecule has 19 heavy (non-hydrogen) atoms. The summed E-state index contributed by atoms with van der Waals surface area (Å²) in [5, 5.41) is 11.0. The number of nitrogens with zero attached hydrogens (tertiary/aromatic N) is 5. The summed E-state index contributed by atoms with van der Waals surface area (Å²) in [5.74, 6) is 1.41. The molecule has 2 rings (SSSR count). The Hall–Kier alpha value is -2.18. The molecular formula is C12H19N7. The molecule has 0 fully saturated rings. The first-order valence-electron chi connectivity index (χ1n) is 6.48. The lowest BCUT2D eigenvalue weighted by molar-refractivity contribution is 0.569. The molecule has 0 aliphatic carbocycles. The SMILES string of the molecule is CCCc1c(N)ncnc1NCCCn1ccnn1. The molecule has 102 valence electrons. The molecular weight excluding hydrogens is 242 g/mol. The minimum absolute atomic E-state index is 0.565. The molecule has 2 heterocycles. The summed E-state index contributed by atoms with van der Waals surface area (Å²) < 4.78 is 1.81. The monoisotopic (exact) mass is 261 g/mol. The molecule has 7 heteroatoms. The average Bonchev–Trinajstić information content (AvgIpc) is 2.91. The van der Waals surface area contributed by atoms with Gasteiger partial charge >= 0.3 is 0 Å². The van der Waals surface area contributed by atoms with Gasteiger partial charge in [0.05, 0.1) is 6.20 Å². The van der Waals surface area contributed by atoms with Crippen molar-refractivity contribution in [3.8, 4) is 0 Å². The summed E-state index contributed by atoms with van der Waals surface area (Å²) in [6.07, 6.45) is 7.87. The van der Waals surface area contributed by atoms with Gasteiger partial charge in [0, 0.05) is 24.8 Å². The van der Waals surface area contributed by atoms with E-state index in [1.165, 1.54) is 6.33 Å². The maximum atomic E-state index is 5.88. The van der Waals surface area contributed by atoms with E-state index in [-0.39, 0.29) is 0 Å². The third-order valence-corrected chi connectivity index (χ3v) is 2.81. The number of rotatable bonds is 7. The van der Waals surface area contributed by atoms with Gasteiger partial charge in [-0.2, -0.15) is 0 Å². The second-order valence-electron chi connectivity index (χ2n) is 4.28. The van der Waals surface area contributed by atoms with Crippen molar-refractivity contribution in [2.45, 2.75) is 32.7 Å². The Kier molecular flexibility index (Phi) is 4.66. The van der Waals surface area contributed by atoms with Crippen LogP contribution in [0.25, 0.3) is 0 Å². The zero-order valence-electron chi connectivity index (χ0n) is 11.1. The minimum atomic E-state index is 0.565. The molecule has 0 atom stereocenters. The highest BCUT2D eigenvalue weighted by atomic mass is 15.4. The zero-order chi connectivity index (χ0) is 13.5. The normalized spacial score (nSPS) is 10.6. The zero-order valence-corrected chi connectivity index (χ0v) is 11.1. The Balaban J connectivity index is 1.86. The molecule has 0 saturated heterocycles. The van der Waals surface area contributed by atoms with Crippen LogP contribution in [0.5, 0.6) is 0 Å². The second-order valence-corrected chi connectivity index (χ2v) is 4.28. The van der Waals surface area contributed by atoms with Gasteiger partial charge in [0.15, 0.2) is 0 Å². The van der Waals surface area contributed by atoms with Crippen molar-refractivity contribution in [2.24, 2.45) is 0 Å². The second kappa shape index (κ2) is 6.67. The quantitative estimate of drug-likeness (QED) is 0.725. The average molecular weight is 261 g/mol. The van der Waals surface area contributed by atoms with Crippen LogP contribution in [-0.2, 0) is 13.0 Å². The highest BCUT2D eigenvalue weighted by molar-refractivity contribution is 5.54. The first-order chi connectivity index (χ1) is 9.31. The van der Waals surface area contributed by atoms with E-state index < -0.39 is 0 Å². The Morgan fingerprint density at radius 1 is 1.37 bits per heavy atom. The van der Waals surface area contributed by atoms with Gasteiger partial charge in [-0.15, -0.1) is 5.10 Å². The van der Waals surface area contributed by atoms with Crippen LogP contribution in [0.2, 0.25) is 0 Å². The number of nitrogens with two attached hydrogens (primary N) is 1. The van der Waals surface area contributed by atoms with E-state index in [1.54, 1.807) is 6.20 Å². The summed E-state index contributed by atoms with van der Waals surface area (Å²) in [7, 11) is 0. The first kappa shape index (κ1) is 13.3. The molecule has 2 aromatic rings. The number of nitrogen functional groups attached to an aromatic ring is 1. The van der Waals surface area contributed by atoms with Crippen LogP contribution in [0.1, 0.15) is 25.3 Å². The minimum Gasteiger partial charge on any atom is -0.383 e. The summed E-state index contributed by atoms with van der Waals surface area (Å²) >= 11 is 0. The molecule has 0 aliphatic rings. The lowest BCUT2D eigenvalue weighted by Crippen LogP contribution is -2.11. The summed E-state index contributed by atoms with van der Waals surface area (Å²) in [5.41, 5.74) is 6.88. The fourth-order valence-corrected chi connectivity index (χ4v) is 1.87. The molecule has 3 N–H and O–H groups in total. The Labute approximate surface area is 112 Å². The van der Waals surface area contributed by atoms with Crippen LogP contribution >= 0.6 is 0 Å². The highest BCUT2D eigenvalue weighted by Crippen LogP contribution is 2.18. The van der Waals surface area contributed by atoms with E-state index in [0.717, 1.165) is 43.7 Å². The fourth-order valence-electron chi connectivity index (χ4n) is 1.87. The van der Waals surface area contributed by atoms with E-state index >= 15 is 0 Å². The summed E-state index contributed by atoms with van der Waals surface area (Å²) in [4.78, 5) is 8.29. The number of aryl methyl sites for hydroxylation is 1. The molecule has 7 nitrogen and oxygen atoms in total. The molecule has 0 saturated carbocycles. The lowest BCUT2D eigenvalue weighted by atomic mass is 10.1. The summed E-state index contributed by atoms with van der Waals surface area (Å²) in [6.45, 7) is 3.75. The number of nitrogens with one attached hydrogen (secondary N) is 1. The van der Waals surface area contributed by atoms with Gasteiger partial charge in [-0.05, 0) is 12.8 Å². The molecule has 2 aromatic heterocycles. The van der Waals surface area contributed by atoms with Crippen molar-refractivity contribution < 1.29 is 0 Å². The standard InChI is InChI=1S/C12H19N7/c1-2-4-10-11(13)15-9-16-12(10)14-5-3-7-19-8-6-17-18-19/h6,8-9H,2-5,7H2,1H3,(H3,13,14,15,16). The topological polar surface area (TPSA) is 94.5 Å². The maximum absolute atomic E-state index is 5.88. The van der Waals surface area contributed by atoms with E-state index in [2.05, 4.69) is 32.5 Å². The van der Waals surface area contributed by atoms with Crippen molar-refractivity contribution in [2.75, 3.05) is 17.6 Å². The van der Waals surface area contributed by atoms with Gasteiger partial charge in [-0.3, -0.25) is 4.68 Å². The number of aromatic nitrogens is 5. The maximum Gasteiger partial charge on any atom is 0.134 e. The molecule has 0 aromatic carbocycles. The van der Waals surface area contributed by atoms with E-state index in [1.807, 2.05) is 10.9 Å². The molecule has 0 amide bonds. The van der Waals surface area contributed by atoms with E-state index in [4.69, 9.17) is 5.73 Å². The van der Waals surface area contributed by atoms with Crippen LogP contribution in [0.4, 0.5) is 11.6 Å². The first-order valence-corrected chi connectivity index (χ1v) is 6.48. The van der Waals surface area contributed by atoms with E-state index in [0.29, 0.717) is 5.82 Å². The van der Waals surface area contributed by atoms with Crippen molar-refractivity contribution in [1.29, 1.82) is 0 Å². The van der Waals surface area contributed by atoms with Gasteiger partial charge in [0.2, 0.25) is 0 Å². The van der Waals surface area contributed by atoms with Gasteiger partial charge in [0.1, 0.15) is 18.0 Å². The molecule has 0 radical (unpaired) electrons. The van der Waals surface area contributed by atoms with Crippen molar-refractivity contribution in [3.63, 3.8) is 0 Å². The van der Waals surface area contributed by atoms with Crippen LogP contribution in [0, 0.1) is 0 Å². The van der Waals surface area contributed by atoms with Gasteiger partial charge < -0.3 is 11.1 Å². The Bertz CT molecular complexity index is 495. The molecule has 0 spiro atoms. The van der Waals surface area contributed by atoms with Crippen LogP contribution < -0.4 is 11.1 Å². The van der Waals surface area contributed by atoms with Gasteiger partial charge in [-0.25, -0.2) is 9.97 Å². The van der Waals surface area contributed by atoms with Gasteiger partial charge in [0.25, 0.3) is 0 Å². The predicted molar refractivity (Wildman–Crippen MR) is 73.6 cm³/mol. The van der Waals surface area contributed by atoms with Crippen LogP contribution in [0.3, 0.4) is 0 Å². The lowest BCUT2D eigenvalue weighted by Gasteiger charge is -2.11. The summed E-state index contributed by atoms with van der Waals surface area (Å²) in [6, 6.07) is 0. The largest absolute Gasteiger partial charge is 0.383 e. The fraction of sp³-hybridized carbons (Fsp3) is 0.500. The van der Waals surface area contributed by atoms with Crippen molar-refractivity contribution in [1.82, 2.24) is 25.0 Å². The highest BCUT2D eigenvalue weighted by Gasteiger charge is 2.07. The van der Waals surface area contributed by atoms with Crippen LogP contribution in [-0.4, -0.2) is 31.5 Å². The van der Waals surface area contributed by atoms with Crippen molar-refractivity contribution >= 4 is 11.6 Å². The number of hydrogen-bond acceptors (Lipinski definition) is 6. The van der Waals surface area contributed by atoms with Gasteiger partial charge in [-0.1, -0.05) is 18.6 Å². The third kappa shape index (κ3) is 3.64.